The quantitative estimate of drug-likeness (QED) is 0.900. The van der Waals surface area contributed by atoms with Crippen molar-refractivity contribution in [2.45, 2.75) is 26.0 Å². The molecule has 0 aromatic carbocycles. The molecule has 1 unspecified atom stereocenters. The van der Waals surface area contributed by atoms with Crippen LogP contribution in [0.1, 0.15) is 18.5 Å². The van der Waals surface area contributed by atoms with Gasteiger partial charge in [-0.2, -0.15) is 0 Å². The van der Waals surface area contributed by atoms with Crippen LogP contribution in [0.15, 0.2) is 17.8 Å². The van der Waals surface area contributed by atoms with Crippen molar-refractivity contribution in [2.75, 3.05) is 25.5 Å². The number of anilines is 1. The second-order valence-electron chi connectivity index (χ2n) is 5.59. The summed E-state index contributed by atoms with van der Waals surface area (Å²) in [6.07, 6.45) is 5.62. The number of urea groups is 1. The van der Waals surface area contributed by atoms with Gasteiger partial charge in [0.2, 0.25) is 0 Å². The summed E-state index contributed by atoms with van der Waals surface area (Å²) in [7, 11) is 1.63. The zero-order valence-electron chi connectivity index (χ0n) is 13.0. The van der Waals surface area contributed by atoms with Crippen LogP contribution in [0.4, 0.5) is 9.93 Å². The molecule has 124 valence electrons. The maximum absolute atomic E-state index is 12.4. The summed E-state index contributed by atoms with van der Waals surface area (Å²) in [5.74, 6) is 0.400. The van der Waals surface area contributed by atoms with Gasteiger partial charge in [0.05, 0.1) is 18.5 Å². The van der Waals surface area contributed by atoms with Gasteiger partial charge in [0.25, 0.3) is 0 Å². The van der Waals surface area contributed by atoms with Crippen molar-refractivity contribution in [1.29, 1.82) is 0 Å². The Morgan fingerprint density at radius 3 is 3.26 bits per heavy atom. The maximum atomic E-state index is 12.4. The third-order valence-corrected chi connectivity index (χ3v) is 4.59. The average Bonchev–Trinajstić information content (AvgIpc) is 3.20. The number of nitrogens with zero attached hydrogens (tertiary/aromatic N) is 5. The SMILES string of the molecule is COCc1csc(NC(=O)N2CCCC(Cn3ccnn3)C2)n1. The normalized spacial score (nSPS) is 18.1. The standard InChI is InChI=1S/C14H20N6O2S/c1-22-9-12-10-23-13(16-12)17-14(21)19-5-2-3-11(7-19)8-20-6-4-15-18-20/h4,6,10-11H,2-3,5,7-9H2,1H3,(H,16,17,21). The molecule has 2 aromatic heterocycles. The van der Waals surface area contributed by atoms with Crippen molar-refractivity contribution in [3.8, 4) is 0 Å². The zero-order chi connectivity index (χ0) is 16.1. The van der Waals surface area contributed by atoms with E-state index in [-0.39, 0.29) is 6.03 Å². The summed E-state index contributed by atoms with van der Waals surface area (Å²) in [6, 6.07) is -0.0911. The number of carbonyl (C=O) groups excluding carboxylic acids is 1. The Balaban J connectivity index is 1.53. The van der Waals surface area contributed by atoms with E-state index in [4.69, 9.17) is 4.74 Å². The van der Waals surface area contributed by atoms with Gasteiger partial charge < -0.3 is 9.64 Å². The molecule has 0 aliphatic carbocycles. The molecular weight excluding hydrogens is 316 g/mol. The summed E-state index contributed by atoms with van der Waals surface area (Å²) in [5, 5.41) is 13.2. The first-order chi connectivity index (χ1) is 11.2. The van der Waals surface area contributed by atoms with Gasteiger partial charge >= 0.3 is 6.03 Å². The highest BCUT2D eigenvalue weighted by molar-refractivity contribution is 7.13. The fourth-order valence-electron chi connectivity index (χ4n) is 2.74. The Morgan fingerprint density at radius 1 is 1.57 bits per heavy atom. The molecule has 1 N–H and O–H groups in total. The van der Waals surface area contributed by atoms with Crippen molar-refractivity contribution in [1.82, 2.24) is 24.9 Å². The number of nitrogens with one attached hydrogen (secondary N) is 1. The minimum atomic E-state index is -0.0911. The molecule has 9 heteroatoms. The summed E-state index contributed by atoms with van der Waals surface area (Å²) < 4.78 is 6.86. The number of carbonyl (C=O) groups is 1. The molecule has 1 saturated heterocycles. The van der Waals surface area contributed by atoms with Crippen molar-refractivity contribution < 1.29 is 9.53 Å². The smallest absolute Gasteiger partial charge is 0.323 e. The van der Waals surface area contributed by atoms with Gasteiger partial charge in [0.15, 0.2) is 5.13 Å². The molecule has 0 radical (unpaired) electrons. The van der Waals surface area contributed by atoms with Gasteiger partial charge in [-0.15, -0.1) is 16.4 Å². The summed E-state index contributed by atoms with van der Waals surface area (Å²) >= 11 is 1.41. The number of rotatable bonds is 5. The van der Waals surface area contributed by atoms with E-state index in [1.807, 2.05) is 21.2 Å². The van der Waals surface area contributed by atoms with E-state index in [0.717, 1.165) is 38.2 Å². The molecule has 2 amide bonds. The van der Waals surface area contributed by atoms with Gasteiger partial charge in [0.1, 0.15) is 0 Å². The van der Waals surface area contributed by atoms with E-state index in [2.05, 4.69) is 20.6 Å². The van der Waals surface area contributed by atoms with Gasteiger partial charge in [0, 0.05) is 38.3 Å². The largest absolute Gasteiger partial charge is 0.378 e. The molecule has 0 spiro atoms. The molecule has 1 fully saturated rings. The highest BCUT2D eigenvalue weighted by atomic mass is 32.1. The molecule has 2 aromatic rings. The van der Waals surface area contributed by atoms with Crippen LogP contribution in [0.25, 0.3) is 0 Å². The van der Waals surface area contributed by atoms with Gasteiger partial charge in [-0.25, -0.2) is 9.78 Å². The Morgan fingerprint density at radius 2 is 2.48 bits per heavy atom. The first-order valence-corrected chi connectivity index (χ1v) is 8.46. The average molecular weight is 336 g/mol. The van der Waals surface area contributed by atoms with Crippen molar-refractivity contribution in [2.24, 2.45) is 5.92 Å². The Labute approximate surface area is 138 Å². The highest BCUT2D eigenvalue weighted by Gasteiger charge is 2.24. The van der Waals surface area contributed by atoms with E-state index in [1.54, 1.807) is 13.3 Å². The van der Waals surface area contributed by atoms with Gasteiger partial charge in [-0.3, -0.25) is 10.00 Å². The number of thiazole rings is 1. The van der Waals surface area contributed by atoms with Gasteiger partial charge in [-0.1, -0.05) is 5.21 Å². The molecule has 0 saturated carbocycles. The first-order valence-electron chi connectivity index (χ1n) is 7.58. The van der Waals surface area contributed by atoms with E-state index in [1.165, 1.54) is 11.3 Å². The molecule has 1 aliphatic rings. The summed E-state index contributed by atoms with van der Waals surface area (Å²) in [4.78, 5) is 18.6. The van der Waals surface area contributed by atoms with E-state index >= 15 is 0 Å². The monoisotopic (exact) mass is 336 g/mol. The zero-order valence-corrected chi connectivity index (χ0v) is 13.8. The lowest BCUT2D eigenvalue weighted by Gasteiger charge is -2.32. The number of amides is 2. The lowest BCUT2D eigenvalue weighted by Crippen LogP contribution is -2.43. The van der Waals surface area contributed by atoms with Crippen LogP contribution < -0.4 is 5.32 Å². The second-order valence-corrected chi connectivity index (χ2v) is 6.44. The lowest BCUT2D eigenvalue weighted by atomic mass is 9.98. The molecule has 3 rings (SSSR count). The minimum Gasteiger partial charge on any atom is -0.378 e. The van der Waals surface area contributed by atoms with Crippen LogP contribution >= 0.6 is 11.3 Å². The van der Waals surface area contributed by atoms with Crippen LogP contribution in [0, 0.1) is 5.92 Å². The van der Waals surface area contributed by atoms with Crippen LogP contribution in [0.2, 0.25) is 0 Å². The van der Waals surface area contributed by atoms with Crippen molar-refractivity contribution >= 4 is 22.5 Å². The Bertz CT molecular complexity index is 629. The Kier molecular flexibility index (Phi) is 5.19. The van der Waals surface area contributed by atoms with Crippen molar-refractivity contribution in [3.05, 3.63) is 23.5 Å². The molecule has 0 bridgehead atoms. The van der Waals surface area contributed by atoms with E-state index in [9.17, 15) is 4.79 Å². The van der Waals surface area contributed by atoms with Crippen LogP contribution in [-0.2, 0) is 17.9 Å². The number of hydrogen-bond donors (Lipinski definition) is 1. The van der Waals surface area contributed by atoms with E-state index in [0.29, 0.717) is 17.7 Å². The molecular formula is C14H20N6O2S. The lowest BCUT2D eigenvalue weighted by molar-refractivity contribution is 0.168. The number of piperidine rings is 1. The predicted molar refractivity (Wildman–Crippen MR) is 86.2 cm³/mol. The minimum absolute atomic E-state index is 0.0911. The fraction of sp³-hybridized carbons (Fsp3) is 0.571. The highest BCUT2D eigenvalue weighted by Crippen LogP contribution is 2.20. The maximum Gasteiger partial charge on any atom is 0.323 e. The van der Waals surface area contributed by atoms with Crippen LogP contribution in [0.3, 0.4) is 0 Å². The number of likely N-dealkylation sites (tertiary alicyclic amines) is 1. The molecule has 1 aliphatic heterocycles. The number of hydrogen-bond acceptors (Lipinski definition) is 6. The molecule has 1 atom stereocenters. The second kappa shape index (κ2) is 7.51. The predicted octanol–water partition coefficient (Wildman–Crippen LogP) is 1.83. The fourth-order valence-corrected chi connectivity index (χ4v) is 3.43. The van der Waals surface area contributed by atoms with Gasteiger partial charge in [-0.05, 0) is 18.8 Å². The third-order valence-electron chi connectivity index (χ3n) is 3.78. The Hall–Kier alpha value is -2.00. The van der Waals surface area contributed by atoms with E-state index < -0.39 is 0 Å². The van der Waals surface area contributed by atoms with Crippen molar-refractivity contribution in [3.63, 3.8) is 0 Å². The number of ether oxygens (including phenoxy) is 1. The number of aromatic nitrogens is 4. The topological polar surface area (TPSA) is 85.2 Å². The van der Waals surface area contributed by atoms with Crippen LogP contribution in [-0.4, -0.2) is 51.1 Å². The molecule has 23 heavy (non-hydrogen) atoms. The summed E-state index contributed by atoms with van der Waals surface area (Å²) in [6.45, 7) is 2.74. The molecule has 3 heterocycles. The summed E-state index contributed by atoms with van der Waals surface area (Å²) in [5.41, 5.74) is 0.829. The molecule has 8 nitrogen and oxygen atoms in total. The first kappa shape index (κ1) is 15.9. The van der Waals surface area contributed by atoms with Crippen LogP contribution in [0.5, 0.6) is 0 Å². The third kappa shape index (κ3) is 4.26. The number of methoxy groups -OCH3 is 1.